The molecule has 1 aromatic carbocycles. The van der Waals surface area contributed by atoms with E-state index >= 15 is 0 Å². The molecule has 1 atom stereocenters. The average molecular weight is 229 g/mol. The van der Waals surface area contributed by atoms with Crippen molar-refractivity contribution >= 4 is 0 Å². The van der Waals surface area contributed by atoms with Gasteiger partial charge in [0.05, 0.1) is 0 Å². The van der Waals surface area contributed by atoms with Crippen molar-refractivity contribution in [3.8, 4) is 0 Å². The molecule has 2 aliphatic carbocycles. The van der Waals surface area contributed by atoms with Crippen molar-refractivity contribution in [3.63, 3.8) is 0 Å². The Bertz CT molecular complexity index is 418. The van der Waals surface area contributed by atoms with Gasteiger partial charge in [-0.1, -0.05) is 23.8 Å². The lowest BCUT2D eigenvalue weighted by Crippen LogP contribution is -2.28. The molecule has 1 fully saturated rings. The Kier molecular flexibility index (Phi) is 2.74. The van der Waals surface area contributed by atoms with Crippen LogP contribution in [-0.2, 0) is 11.8 Å². The van der Waals surface area contributed by atoms with Crippen LogP contribution in [0.1, 0.15) is 48.8 Å². The first-order chi connectivity index (χ1) is 8.26. The van der Waals surface area contributed by atoms with Gasteiger partial charge >= 0.3 is 0 Å². The third-order valence-corrected chi connectivity index (χ3v) is 4.89. The molecule has 0 amide bonds. The molecule has 2 N–H and O–H groups in total. The topological polar surface area (TPSA) is 26.0 Å². The molecule has 2 aliphatic rings. The van der Waals surface area contributed by atoms with Gasteiger partial charge in [0.15, 0.2) is 0 Å². The molecule has 1 nitrogen and oxygen atoms in total. The maximum absolute atomic E-state index is 5.67. The highest BCUT2D eigenvalue weighted by molar-refractivity contribution is 5.43. The Labute approximate surface area is 104 Å². The smallest absolute Gasteiger partial charge is 0.00153 e. The van der Waals surface area contributed by atoms with Crippen LogP contribution in [0.15, 0.2) is 18.2 Å². The molecule has 0 aromatic heterocycles. The van der Waals surface area contributed by atoms with E-state index in [-0.39, 0.29) is 0 Å². The van der Waals surface area contributed by atoms with Crippen LogP contribution in [0.25, 0.3) is 0 Å². The van der Waals surface area contributed by atoms with Crippen LogP contribution in [0.5, 0.6) is 0 Å². The zero-order valence-corrected chi connectivity index (χ0v) is 10.8. The fourth-order valence-corrected chi connectivity index (χ4v) is 3.84. The molecule has 0 bridgehead atoms. The minimum Gasteiger partial charge on any atom is -0.330 e. The first-order valence-corrected chi connectivity index (χ1v) is 7.06. The van der Waals surface area contributed by atoms with E-state index in [1.807, 2.05) is 0 Å². The summed E-state index contributed by atoms with van der Waals surface area (Å²) in [5, 5.41) is 0. The van der Waals surface area contributed by atoms with Crippen LogP contribution in [0.2, 0.25) is 0 Å². The van der Waals surface area contributed by atoms with E-state index in [4.69, 9.17) is 5.73 Å². The van der Waals surface area contributed by atoms with Crippen molar-refractivity contribution < 1.29 is 0 Å². The Morgan fingerprint density at radius 1 is 1.35 bits per heavy atom. The third-order valence-electron chi connectivity index (χ3n) is 4.89. The van der Waals surface area contributed by atoms with Gasteiger partial charge in [-0.15, -0.1) is 0 Å². The standard InChI is InChI=1S/C16H23N/c1-12-4-7-15-13(11-12)5-6-14(3-2-10-17)16(15)8-9-16/h4,7,11,14H,2-3,5-6,8-10,17H2,1H3. The largest absolute Gasteiger partial charge is 0.330 e. The zero-order valence-electron chi connectivity index (χ0n) is 10.8. The highest BCUT2D eigenvalue weighted by atomic mass is 14.6. The summed E-state index contributed by atoms with van der Waals surface area (Å²) in [4.78, 5) is 0. The number of hydrogen-bond donors (Lipinski definition) is 1. The summed E-state index contributed by atoms with van der Waals surface area (Å²) in [5.41, 5.74) is 11.0. The molecule has 1 saturated carbocycles. The summed E-state index contributed by atoms with van der Waals surface area (Å²) in [6.45, 7) is 3.06. The number of fused-ring (bicyclic) bond motifs is 2. The maximum Gasteiger partial charge on any atom is -0.00153 e. The van der Waals surface area contributed by atoms with E-state index in [2.05, 4.69) is 25.1 Å². The van der Waals surface area contributed by atoms with Crippen LogP contribution in [0.3, 0.4) is 0 Å². The lowest BCUT2D eigenvalue weighted by atomic mass is 9.70. The number of hydrogen-bond acceptors (Lipinski definition) is 1. The van der Waals surface area contributed by atoms with Crippen molar-refractivity contribution in [3.05, 3.63) is 34.9 Å². The molecule has 0 saturated heterocycles. The molecule has 0 radical (unpaired) electrons. The molecular weight excluding hydrogens is 206 g/mol. The Morgan fingerprint density at radius 3 is 2.88 bits per heavy atom. The number of rotatable bonds is 3. The van der Waals surface area contributed by atoms with Gasteiger partial charge in [0, 0.05) is 0 Å². The van der Waals surface area contributed by atoms with E-state index in [0.717, 1.165) is 12.5 Å². The predicted molar refractivity (Wildman–Crippen MR) is 72.2 cm³/mol. The first-order valence-electron chi connectivity index (χ1n) is 7.06. The zero-order chi connectivity index (χ0) is 11.9. The van der Waals surface area contributed by atoms with Crippen molar-refractivity contribution in [2.45, 2.75) is 50.9 Å². The Hall–Kier alpha value is -0.820. The number of benzene rings is 1. The Morgan fingerprint density at radius 2 is 2.18 bits per heavy atom. The van der Waals surface area contributed by atoms with Crippen molar-refractivity contribution in [2.24, 2.45) is 11.7 Å². The summed E-state index contributed by atoms with van der Waals surface area (Å²) in [7, 11) is 0. The molecule has 0 heterocycles. The molecule has 1 heteroatoms. The molecule has 0 aliphatic heterocycles. The number of nitrogens with two attached hydrogens (primary N) is 1. The lowest BCUT2D eigenvalue weighted by molar-refractivity contribution is 0.325. The van der Waals surface area contributed by atoms with Crippen LogP contribution >= 0.6 is 0 Å². The Balaban J connectivity index is 1.90. The summed E-state index contributed by atoms with van der Waals surface area (Å²) in [6.07, 6.45) is 8.04. The normalized spacial score (nSPS) is 24.7. The van der Waals surface area contributed by atoms with Gasteiger partial charge in [-0.05, 0) is 74.5 Å². The second-order valence-corrected chi connectivity index (χ2v) is 5.98. The minimum atomic E-state index is 0.566. The van der Waals surface area contributed by atoms with Gasteiger partial charge in [-0.25, -0.2) is 0 Å². The maximum atomic E-state index is 5.67. The van der Waals surface area contributed by atoms with Crippen molar-refractivity contribution in [2.75, 3.05) is 6.54 Å². The lowest BCUT2D eigenvalue weighted by Gasteiger charge is -2.34. The third kappa shape index (κ3) is 1.81. The first kappa shape index (κ1) is 11.3. The summed E-state index contributed by atoms with van der Waals surface area (Å²) < 4.78 is 0. The second-order valence-electron chi connectivity index (χ2n) is 5.98. The van der Waals surface area contributed by atoms with E-state index in [1.54, 1.807) is 11.1 Å². The SMILES string of the molecule is Cc1ccc2c(c1)CCC(CCCN)C21CC1. The van der Waals surface area contributed by atoms with Gasteiger partial charge in [0.2, 0.25) is 0 Å². The summed E-state index contributed by atoms with van der Waals surface area (Å²) in [6, 6.07) is 7.12. The van der Waals surface area contributed by atoms with E-state index in [1.165, 1.54) is 44.1 Å². The van der Waals surface area contributed by atoms with Crippen molar-refractivity contribution in [1.29, 1.82) is 0 Å². The average Bonchev–Trinajstić information content (AvgIpc) is 3.10. The fraction of sp³-hybridized carbons (Fsp3) is 0.625. The van der Waals surface area contributed by atoms with E-state index in [9.17, 15) is 0 Å². The van der Waals surface area contributed by atoms with Crippen LogP contribution in [0, 0.1) is 12.8 Å². The molecule has 92 valence electrons. The van der Waals surface area contributed by atoms with Crippen LogP contribution in [-0.4, -0.2) is 6.54 Å². The molecule has 1 unspecified atom stereocenters. The molecule has 1 spiro atoms. The van der Waals surface area contributed by atoms with Gasteiger partial charge in [-0.2, -0.15) is 0 Å². The fourth-order valence-electron chi connectivity index (χ4n) is 3.84. The minimum absolute atomic E-state index is 0.566. The van der Waals surface area contributed by atoms with Gasteiger partial charge in [-0.3, -0.25) is 0 Å². The quantitative estimate of drug-likeness (QED) is 0.845. The van der Waals surface area contributed by atoms with E-state index in [0.29, 0.717) is 5.41 Å². The van der Waals surface area contributed by atoms with Gasteiger partial charge in [0.25, 0.3) is 0 Å². The van der Waals surface area contributed by atoms with Crippen molar-refractivity contribution in [1.82, 2.24) is 0 Å². The second kappa shape index (κ2) is 4.13. The van der Waals surface area contributed by atoms with Gasteiger partial charge < -0.3 is 5.73 Å². The highest BCUT2D eigenvalue weighted by Crippen LogP contribution is 2.59. The summed E-state index contributed by atoms with van der Waals surface area (Å²) >= 11 is 0. The van der Waals surface area contributed by atoms with Gasteiger partial charge in [0.1, 0.15) is 0 Å². The molecular formula is C16H23N. The summed E-state index contributed by atoms with van der Waals surface area (Å²) in [5.74, 6) is 0.904. The van der Waals surface area contributed by atoms with E-state index < -0.39 is 0 Å². The number of aryl methyl sites for hydroxylation is 2. The molecule has 1 aromatic rings. The predicted octanol–water partition coefficient (Wildman–Crippen LogP) is 3.33. The monoisotopic (exact) mass is 229 g/mol. The molecule has 3 rings (SSSR count). The van der Waals surface area contributed by atoms with Crippen LogP contribution < -0.4 is 5.73 Å². The highest BCUT2D eigenvalue weighted by Gasteiger charge is 2.52. The molecule has 17 heavy (non-hydrogen) atoms. The van der Waals surface area contributed by atoms with Crippen LogP contribution in [0.4, 0.5) is 0 Å².